The summed E-state index contributed by atoms with van der Waals surface area (Å²) in [5.41, 5.74) is 3.46. The highest BCUT2D eigenvalue weighted by atomic mass is 16.6. The number of rotatable bonds is 6. The molecule has 0 aliphatic rings. The number of carbonyl (C=O) groups excluding carboxylic acids is 2. The van der Waals surface area contributed by atoms with Crippen LogP contribution in [0, 0.1) is 10.1 Å². The lowest BCUT2D eigenvalue weighted by Gasteiger charge is -2.06. The number of hydrazone groups is 1. The van der Waals surface area contributed by atoms with Crippen LogP contribution in [-0.4, -0.2) is 28.1 Å². The summed E-state index contributed by atoms with van der Waals surface area (Å²) in [4.78, 5) is 34.5. The molecule has 0 aliphatic carbocycles. The smallest absolute Gasteiger partial charge is 0.271 e. The molecule has 0 aliphatic heterocycles. The van der Waals surface area contributed by atoms with Crippen LogP contribution in [0.4, 0.5) is 11.4 Å². The van der Waals surface area contributed by atoms with Gasteiger partial charge in [0, 0.05) is 34.5 Å². The molecule has 0 heterocycles. The Hall–Kier alpha value is -4.53. The number of nitrogens with one attached hydrogen (secondary N) is 2. The van der Waals surface area contributed by atoms with Gasteiger partial charge in [-0.3, -0.25) is 19.7 Å². The molecular weight excluding hydrogens is 388 g/mol. The highest BCUT2D eigenvalue weighted by Crippen LogP contribution is 2.21. The summed E-state index contributed by atoms with van der Waals surface area (Å²) in [7, 11) is 0. The van der Waals surface area contributed by atoms with Gasteiger partial charge in [-0.05, 0) is 42.5 Å². The van der Waals surface area contributed by atoms with Crippen molar-refractivity contribution >= 4 is 29.4 Å². The Morgan fingerprint density at radius 3 is 2.27 bits per heavy atom. The lowest BCUT2D eigenvalue weighted by atomic mass is 10.1. The van der Waals surface area contributed by atoms with E-state index in [2.05, 4.69) is 15.8 Å². The number of nitrogens with zero attached hydrogens (tertiary/aromatic N) is 2. The number of carbonyl (C=O) groups is 2. The van der Waals surface area contributed by atoms with E-state index in [9.17, 15) is 24.8 Å². The number of benzene rings is 3. The summed E-state index contributed by atoms with van der Waals surface area (Å²) in [5, 5.41) is 27.0. The lowest BCUT2D eigenvalue weighted by molar-refractivity contribution is -0.384. The van der Waals surface area contributed by atoms with E-state index in [0.717, 1.165) is 18.3 Å². The van der Waals surface area contributed by atoms with Crippen LogP contribution in [0.2, 0.25) is 0 Å². The third-order valence-corrected chi connectivity index (χ3v) is 4.03. The molecule has 30 heavy (non-hydrogen) atoms. The fourth-order valence-electron chi connectivity index (χ4n) is 2.48. The average molecular weight is 404 g/mol. The molecule has 0 unspecified atom stereocenters. The van der Waals surface area contributed by atoms with Gasteiger partial charge in [0.15, 0.2) is 0 Å². The van der Waals surface area contributed by atoms with Crippen molar-refractivity contribution in [3.63, 3.8) is 0 Å². The molecule has 0 aromatic heterocycles. The maximum Gasteiger partial charge on any atom is 0.271 e. The quantitative estimate of drug-likeness (QED) is 0.329. The minimum atomic E-state index is -0.604. The second-order valence-electron chi connectivity index (χ2n) is 6.10. The molecular formula is C21H16N4O5. The van der Waals surface area contributed by atoms with Crippen molar-refractivity contribution in [1.82, 2.24) is 5.43 Å². The zero-order valence-corrected chi connectivity index (χ0v) is 15.5. The van der Waals surface area contributed by atoms with E-state index in [1.54, 1.807) is 36.4 Å². The normalized spacial score (nSPS) is 10.5. The molecule has 0 atom stereocenters. The Labute approximate surface area is 170 Å². The third-order valence-electron chi connectivity index (χ3n) is 4.03. The van der Waals surface area contributed by atoms with Crippen molar-refractivity contribution in [2.24, 2.45) is 5.10 Å². The van der Waals surface area contributed by atoms with Crippen LogP contribution in [0.15, 0.2) is 77.9 Å². The zero-order valence-electron chi connectivity index (χ0n) is 15.5. The van der Waals surface area contributed by atoms with E-state index in [1.165, 1.54) is 18.2 Å². The third kappa shape index (κ3) is 5.04. The summed E-state index contributed by atoms with van der Waals surface area (Å²) < 4.78 is 0. The predicted octanol–water partition coefficient (Wildman–Crippen LogP) is 3.32. The van der Waals surface area contributed by atoms with Crippen LogP contribution in [0.25, 0.3) is 0 Å². The maximum absolute atomic E-state index is 12.2. The van der Waals surface area contributed by atoms with Crippen LogP contribution >= 0.6 is 0 Å². The van der Waals surface area contributed by atoms with E-state index in [0.29, 0.717) is 11.3 Å². The number of aromatic hydroxyl groups is 1. The predicted molar refractivity (Wildman–Crippen MR) is 111 cm³/mol. The monoisotopic (exact) mass is 404 g/mol. The first-order chi connectivity index (χ1) is 14.4. The van der Waals surface area contributed by atoms with Crippen LogP contribution in [0.5, 0.6) is 5.75 Å². The van der Waals surface area contributed by atoms with Gasteiger partial charge in [0.05, 0.1) is 11.1 Å². The van der Waals surface area contributed by atoms with Crippen LogP contribution < -0.4 is 10.7 Å². The molecule has 0 fully saturated rings. The van der Waals surface area contributed by atoms with Gasteiger partial charge in [0.25, 0.3) is 17.5 Å². The topological polar surface area (TPSA) is 134 Å². The van der Waals surface area contributed by atoms with Crippen LogP contribution in [0.1, 0.15) is 26.3 Å². The average Bonchev–Trinajstić information content (AvgIpc) is 2.76. The second-order valence-corrected chi connectivity index (χ2v) is 6.10. The first-order valence-electron chi connectivity index (χ1n) is 8.71. The van der Waals surface area contributed by atoms with E-state index in [4.69, 9.17) is 0 Å². The number of nitro groups is 1. The van der Waals surface area contributed by atoms with Crippen molar-refractivity contribution in [3.8, 4) is 5.75 Å². The van der Waals surface area contributed by atoms with Gasteiger partial charge < -0.3 is 10.4 Å². The molecule has 0 bridgehead atoms. The van der Waals surface area contributed by atoms with Crippen molar-refractivity contribution in [3.05, 3.63) is 99.6 Å². The minimum absolute atomic E-state index is 0.0865. The Morgan fingerprint density at radius 1 is 0.933 bits per heavy atom. The largest absolute Gasteiger partial charge is 0.507 e. The molecule has 0 saturated heterocycles. The van der Waals surface area contributed by atoms with Gasteiger partial charge in [0.2, 0.25) is 0 Å². The Bertz CT molecular complexity index is 1110. The van der Waals surface area contributed by atoms with E-state index >= 15 is 0 Å². The SMILES string of the molecule is O=C(NN=Cc1cc([N+](=O)[O-])ccc1O)c1ccc(NC(=O)c2ccccc2)cc1. The standard InChI is InChI=1S/C21H16N4O5/c26-19-11-10-18(25(29)30)12-16(19)13-22-24-21(28)15-6-8-17(9-7-15)23-20(27)14-4-2-1-3-5-14/h1-13,26H,(H,23,27)(H,24,28). The van der Waals surface area contributed by atoms with Gasteiger partial charge in [-0.25, -0.2) is 5.43 Å². The second kappa shape index (κ2) is 9.11. The molecule has 150 valence electrons. The minimum Gasteiger partial charge on any atom is -0.507 e. The Kier molecular flexibility index (Phi) is 6.14. The van der Waals surface area contributed by atoms with Gasteiger partial charge in [0.1, 0.15) is 5.75 Å². The summed E-state index contributed by atoms with van der Waals surface area (Å²) in [6.45, 7) is 0. The molecule has 0 saturated carbocycles. The Balaban J connectivity index is 1.61. The molecule has 2 amide bonds. The number of anilines is 1. The molecule has 0 radical (unpaired) electrons. The molecule has 3 N–H and O–H groups in total. The Morgan fingerprint density at radius 2 is 1.60 bits per heavy atom. The van der Waals surface area contributed by atoms with Crippen molar-refractivity contribution in [1.29, 1.82) is 0 Å². The van der Waals surface area contributed by atoms with Gasteiger partial charge in [-0.1, -0.05) is 18.2 Å². The number of amides is 2. The molecule has 3 aromatic rings. The summed E-state index contributed by atoms with van der Waals surface area (Å²) in [5.74, 6) is -1.01. The van der Waals surface area contributed by atoms with E-state index in [-0.39, 0.29) is 28.5 Å². The lowest BCUT2D eigenvalue weighted by Crippen LogP contribution is -2.18. The van der Waals surface area contributed by atoms with Crippen molar-refractivity contribution < 1.29 is 19.6 Å². The first kappa shape index (κ1) is 20.2. The maximum atomic E-state index is 12.2. The van der Waals surface area contributed by atoms with Gasteiger partial charge in [-0.15, -0.1) is 0 Å². The molecule has 3 aromatic carbocycles. The highest BCUT2D eigenvalue weighted by Gasteiger charge is 2.10. The van der Waals surface area contributed by atoms with Crippen LogP contribution in [0.3, 0.4) is 0 Å². The van der Waals surface area contributed by atoms with Gasteiger partial charge in [-0.2, -0.15) is 5.10 Å². The fourth-order valence-corrected chi connectivity index (χ4v) is 2.48. The van der Waals surface area contributed by atoms with E-state index < -0.39 is 10.8 Å². The molecule has 9 heteroatoms. The zero-order chi connectivity index (χ0) is 21.5. The highest BCUT2D eigenvalue weighted by molar-refractivity contribution is 6.04. The molecule has 0 spiro atoms. The summed E-state index contributed by atoms with van der Waals surface area (Å²) in [6.07, 6.45) is 1.11. The van der Waals surface area contributed by atoms with Crippen molar-refractivity contribution in [2.75, 3.05) is 5.32 Å². The van der Waals surface area contributed by atoms with Gasteiger partial charge >= 0.3 is 0 Å². The van der Waals surface area contributed by atoms with E-state index in [1.807, 2.05) is 6.07 Å². The number of hydrogen-bond acceptors (Lipinski definition) is 6. The number of non-ortho nitro benzene ring substituents is 1. The number of nitro benzene ring substituents is 1. The number of phenols is 1. The number of phenolic OH excluding ortho intramolecular Hbond substituents is 1. The summed E-state index contributed by atoms with van der Waals surface area (Å²) >= 11 is 0. The van der Waals surface area contributed by atoms with Crippen molar-refractivity contribution in [2.45, 2.75) is 0 Å². The number of hydrogen-bond donors (Lipinski definition) is 3. The summed E-state index contributed by atoms with van der Waals surface area (Å²) in [6, 6.07) is 18.3. The van der Waals surface area contributed by atoms with Crippen LogP contribution in [-0.2, 0) is 0 Å². The fraction of sp³-hybridized carbons (Fsp3) is 0. The molecule has 9 nitrogen and oxygen atoms in total. The molecule has 3 rings (SSSR count). The first-order valence-corrected chi connectivity index (χ1v) is 8.71.